The van der Waals surface area contributed by atoms with Gasteiger partial charge in [0.1, 0.15) is 11.5 Å². The fourth-order valence-corrected chi connectivity index (χ4v) is 9.07. The van der Waals surface area contributed by atoms with Gasteiger partial charge in [0, 0.05) is 10.6 Å². The summed E-state index contributed by atoms with van der Waals surface area (Å²) in [5.74, 6) is 1.16. The molecule has 0 aliphatic carbocycles. The van der Waals surface area contributed by atoms with E-state index in [9.17, 15) is 0 Å². The van der Waals surface area contributed by atoms with Crippen LogP contribution in [0.3, 0.4) is 0 Å². The molecule has 4 fully saturated rings. The van der Waals surface area contributed by atoms with Gasteiger partial charge in [0.2, 0.25) is 0 Å². The van der Waals surface area contributed by atoms with Crippen molar-refractivity contribution in [1.82, 2.24) is 0 Å². The molecule has 0 unspecified atom stereocenters. The molecule has 6 rings (SSSR count). The minimum Gasteiger partial charge on any atom is -0.497 e. The van der Waals surface area contributed by atoms with Crippen LogP contribution < -0.4 is 9.47 Å². The first-order chi connectivity index (χ1) is 27.8. The van der Waals surface area contributed by atoms with Crippen molar-refractivity contribution in [1.29, 1.82) is 0 Å². The van der Waals surface area contributed by atoms with Gasteiger partial charge in [0.05, 0.1) is 59.0 Å². The lowest BCUT2D eigenvalue weighted by Crippen LogP contribution is -2.48. The molecule has 0 aromatic heterocycles. The maximum Gasteiger partial charge on any atom is 0.468 e. The van der Waals surface area contributed by atoms with Crippen LogP contribution >= 0.6 is 0 Å². The number of benzene rings is 2. The highest BCUT2D eigenvalue weighted by molar-refractivity contribution is 6.53. The number of hydrogen-bond donors (Lipinski definition) is 0. The summed E-state index contributed by atoms with van der Waals surface area (Å²) in [5.41, 5.74) is -2.37. The second kappa shape index (κ2) is 15.8. The fourth-order valence-electron chi connectivity index (χ4n) is 9.07. The van der Waals surface area contributed by atoms with Crippen molar-refractivity contribution in [3.8, 4) is 11.5 Å². The first-order valence-electron chi connectivity index (χ1n) is 22.5. The smallest absolute Gasteiger partial charge is 0.468 e. The fraction of sp³-hybridized carbons (Fsp3) is 0.745. The number of methoxy groups -OCH3 is 2. The van der Waals surface area contributed by atoms with Crippen molar-refractivity contribution in [3.05, 3.63) is 59.7 Å². The maximum absolute atomic E-state index is 7.06. The molecule has 0 bridgehead atoms. The van der Waals surface area contributed by atoms with Gasteiger partial charge in [-0.3, -0.25) is 0 Å². The van der Waals surface area contributed by atoms with Crippen LogP contribution in [0.2, 0.25) is 11.6 Å². The standard InChI is InChI=1S/C47H76B4O10/c1-38(2)39(3,4)55-48(54-38)34(30-46(17,32-21-25-36(52-19)26-22-32)50-58-42(9,10)43(11,12)59-50)29-35(49-56-40(5,6)41(7,8)57-49)31-47(18,33-23-27-37(53-20)28-24-33)51-60-44(13,14)45(15,16)61-51/h21-28,34-35H,29-31H2,1-20H3/t34-,35-,46-,47+/m0/s1. The minimum atomic E-state index is -0.670. The average molecular weight is 844 g/mol. The molecule has 0 N–H and O–H groups in total. The second-order valence-electron chi connectivity index (χ2n) is 22.9. The van der Waals surface area contributed by atoms with E-state index in [1.807, 2.05) is 24.3 Å². The molecule has 2 aromatic rings. The Kier molecular flexibility index (Phi) is 12.6. The third kappa shape index (κ3) is 8.76. The zero-order valence-corrected chi connectivity index (χ0v) is 41.3. The number of hydrogen-bond acceptors (Lipinski definition) is 10. The minimum absolute atomic E-state index is 0.199. The quantitative estimate of drug-likeness (QED) is 0.171. The molecule has 0 spiro atoms. The third-order valence-electron chi connectivity index (χ3n) is 16.3. The van der Waals surface area contributed by atoms with Gasteiger partial charge in [-0.2, -0.15) is 0 Å². The zero-order valence-electron chi connectivity index (χ0n) is 41.3. The first kappa shape index (κ1) is 48.4. The summed E-state index contributed by atoms with van der Waals surface area (Å²) in [7, 11) is 1.07. The van der Waals surface area contributed by atoms with Gasteiger partial charge in [-0.1, -0.05) is 44.5 Å². The Morgan fingerprint density at radius 1 is 0.410 bits per heavy atom. The van der Waals surface area contributed by atoms with Crippen molar-refractivity contribution in [2.24, 2.45) is 0 Å². The van der Waals surface area contributed by atoms with Crippen LogP contribution in [-0.4, -0.2) is 87.5 Å². The van der Waals surface area contributed by atoms with E-state index < -0.39 is 83.9 Å². The van der Waals surface area contributed by atoms with E-state index in [0.717, 1.165) is 22.6 Å². The number of ether oxygens (including phenoxy) is 2. The van der Waals surface area contributed by atoms with E-state index >= 15 is 0 Å². The lowest BCUT2D eigenvalue weighted by atomic mass is 9.44. The Morgan fingerprint density at radius 2 is 0.639 bits per heavy atom. The zero-order chi connectivity index (χ0) is 45.6. The summed E-state index contributed by atoms with van der Waals surface area (Å²) in [4.78, 5) is 0. The van der Waals surface area contributed by atoms with Crippen molar-refractivity contribution in [2.45, 2.75) is 211 Å². The van der Waals surface area contributed by atoms with Gasteiger partial charge in [-0.25, -0.2) is 0 Å². The van der Waals surface area contributed by atoms with E-state index in [-0.39, 0.29) is 11.6 Å². The Bertz CT molecular complexity index is 1670. The molecular formula is C47H76B4O10. The number of rotatable bonds is 14. The van der Waals surface area contributed by atoms with E-state index in [4.69, 9.17) is 46.7 Å². The summed E-state index contributed by atoms with van der Waals surface area (Å²) in [6.45, 7) is 38.3. The van der Waals surface area contributed by atoms with Gasteiger partial charge >= 0.3 is 28.5 Å². The van der Waals surface area contributed by atoms with Gasteiger partial charge in [0.15, 0.2) is 0 Å². The molecule has 0 amide bonds. The molecule has 336 valence electrons. The third-order valence-corrected chi connectivity index (χ3v) is 16.3. The van der Waals surface area contributed by atoms with E-state index in [0.29, 0.717) is 19.3 Å². The molecule has 61 heavy (non-hydrogen) atoms. The largest absolute Gasteiger partial charge is 0.497 e. The normalized spacial score (nSPS) is 27.1. The Balaban J connectivity index is 1.51. The molecule has 4 heterocycles. The molecule has 0 saturated carbocycles. The maximum atomic E-state index is 7.06. The van der Waals surface area contributed by atoms with Crippen LogP contribution in [0.15, 0.2) is 48.5 Å². The van der Waals surface area contributed by atoms with Crippen LogP contribution in [-0.2, 0) is 47.9 Å². The average Bonchev–Trinajstić information content (AvgIpc) is 3.71. The van der Waals surface area contributed by atoms with Crippen molar-refractivity contribution in [3.63, 3.8) is 0 Å². The SMILES string of the molecule is COc1ccc([C@@](C)(C[C@H](C[C@@H](C[C@](C)(B2OC(C)(C)C(C)(C)O2)c2ccc(OC)cc2)B2OC(C)(C)C(C)(C)O2)B2OC(C)(C)C(C)(C)O2)B2OC(C)(C)C(C)(C)O2)cc1. The van der Waals surface area contributed by atoms with Crippen LogP contribution in [0.1, 0.15) is 155 Å². The second-order valence-corrected chi connectivity index (χ2v) is 22.9. The van der Waals surface area contributed by atoms with Crippen LogP contribution in [0.5, 0.6) is 11.5 Å². The predicted molar refractivity (Wildman–Crippen MR) is 246 cm³/mol. The Morgan fingerprint density at radius 3 is 0.869 bits per heavy atom. The van der Waals surface area contributed by atoms with Gasteiger partial charge in [-0.05, 0) is 171 Å². The molecule has 4 aliphatic rings. The summed E-state index contributed by atoms with van der Waals surface area (Å²) >= 11 is 0. The Labute approximate surface area is 370 Å². The first-order valence-corrected chi connectivity index (χ1v) is 22.5. The molecule has 0 radical (unpaired) electrons. The molecule has 2 aromatic carbocycles. The van der Waals surface area contributed by atoms with Gasteiger partial charge < -0.3 is 46.7 Å². The van der Waals surface area contributed by atoms with E-state index in [2.05, 4.69) is 149 Å². The summed E-state index contributed by atoms with van der Waals surface area (Å²) in [6.07, 6.45) is 1.81. The highest BCUT2D eigenvalue weighted by Gasteiger charge is 2.64. The van der Waals surface area contributed by atoms with Crippen molar-refractivity contribution >= 4 is 28.5 Å². The highest BCUT2D eigenvalue weighted by atomic mass is 16.7. The topological polar surface area (TPSA) is 92.3 Å². The molecule has 14 heteroatoms. The van der Waals surface area contributed by atoms with E-state index in [1.54, 1.807) is 14.2 Å². The predicted octanol–water partition coefficient (Wildman–Crippen LogP) is 10.3. The molecule has 4 saturated heterocycles. The van der Waals surface area contributed by atoms with Gasteiger partial charge in [-0.15, -0.1) is 0 Å². The molecule has 4 atom stereocenters. The van der Waals surface area contributed by atoms with Crippen LogP contribution in [0.25, 0.3) is 0 Å². The van der Waals surface area contributed by atoms with Crippen molar-refractivity contribution in [2.75, 3.05) is 14.2 Å². The van der Waals surface area contributed by atoms with Crippen LogP contribution in [0, 0.1) is 0 Å². The highest BCUT2D eigenvalue weighted by Crippen LogP contribution is 2.55. The molecular weight excluding hydrogens is 768 g/mol. The lowest BCUT2D eigenvalue weighted by Gasteiger charge is -2.40. The van der Waals surface area contributed by atoms with Gasteiger partial charge in [0.25, 0.3) is 0 Å². The van der Waals surface area contributed by atoms with Crippen LogP contribution in [0.4, 0.5) is 0 Å². The monoisotopic (exact) mass is 845 g/mol. The van der Waals surface area contributed by atoms with Crippen molar-refractivity contribution < 1.29 is 46.7 Å². The molecule has 4 aliphatic heterocycles. The Hall–Kier alpha value is -2.02. The summed E-state index contributed by atoms with van der Waals surface area (Å²) < 4.78 is 67.4. The molecule has 10 nitrogen and oxygen atoms in total. The summed E-state index contributed by atoms with van der Waals surface area (Å²) in [5, 5.41) is -1.34. The summed E-state index contributed by atoms with van der Waals surface area (Å²) in [6, 6.07) is 16.6. The van der Waals surface area contributed by atoms with E-state index in [1.165, 1.54) is 0 Å². The lowest BCUT2D eigenvalue weighted by molar-refractivity contribution is 0.00578.